The van der Waals surface area contributed by atoms with Crippen LogP contribution in [0.1, 0.15) is 30.1 Å². The molecule has 0 aliphatic carbocycles. The average molecular weight is 424 g/mol. The number of benzene rings is 2. The molecule has 4 N–H and O–H groups in total. The fourth-order valence-electron chi connectivity index (χ4n) is 3.62. The standard InChI is InChI=1S/C22H24N4O5/c1-13(19(28)20(23)29)25-22(31)17-7-4-10-26(17)18(27)12-24-21(30)16-9-8-14-5-2-3-6-15(14)11-16/h2-3,5-6,8-9,11,13,17H,4,7,10,12H2,1H3,(H2,23,29)(H,24,30)(H,25,31). The number of Topliss-reactive ketones (excluding diaryl/α,β-unsaturated/α-hetero) is 1. The Balaban J connectivity index is 1.58. The van der Waals surface area contributed by atoms with Gasteiger partial charge in [0.05, 0.1) is 12.6 Å². The van der Waals surface area contributed by atoms with Gasteiger partial charge in [-0.2, -0.15) is 0 Å². The molecular formula is C22H24N4O5. The van der Waals surface area contributed by atoms with Crippen LogP contribution in [0.25, 0.3) is 10.8 Å². The van der Waals surface area contributed by atoms with E-state index in [-0.39, 0.29) is 12.5 Å². The number of amides is 4. The Kier molecular flexibility index (Phi) is 6.64. The second-order valence-electron chi connectivity index (χ2n) is 7.45. The lowest BCUT2D eigenvalue weighted by Crippen LogP contribution is -2.53. The van der Waals surface area contributed by atoms with Crippen molar-refractivity contribution in [3.8, 4) is 0 Å². The molecule has 1 heterocycles. The fourth-order valence-corrected chi connectivity index (χ4v) is 3.62. The van der Waals surface area contributed by atoms with Gasteiger partial charge in [0, 0.05) is 12.1 Å². The molecule has 2 unspecified atom stereocenters. The van der Waals surface area contributed by atoms with Crippen molar-refractivity contribution in [1.82, 2.24) is 15.5 Å². The molecule has 1 fully saturated rings. The molecule has 0 bridgehead atoms. The Morgan fingerprint density at radius 3 is 2.52 bits per heavy atom. The van der Waals surface area contributed by atoms with Gasteiger partial charge in [-0.1, -0.05) is 30.3 Å². The van der Waals surface area contributed by atoms with Crippen LogP contribution in [0, 0.1) is 0 Å². The van der Waals surface area contributed by atoms with Gasteiger partial charge in [0.1, 0.15) is 6.04 Å². The number of nitrogens with two attached hydrogens (primary N) is 1. The van der Waals surface area contributed by atoms with E-state index in [2.05, 4.69) is 10.6 Å². The smallest absolute Gasteiger partial charge is 0.287 e. The number of fused-ring (bicyclic) bond motifs is 1. The van der Waals surface area contributed by atoms with Crippen molar-refractivity contribution in [2.24, 2.45) is 5.73 Å². The number of carbonyl (C=O) groups is 5. The lowest BCUT2D eigenvalue weighted by molar-refractivity contribution is -0.140. The molecule has 4 amide bonds. The van der Waals surface area contributed by atoms with Gasteiger partial charge >= 0.3 is 0 Å². The minimum absolute atomic E-state index is 0.259. The molecule has 1 aliphatic rings. The number of ketones is 1. The molecule has 9 nitrogen and oxygen atoms in total. The predicted octanol–water partition coefficient (Wildman–Crippen LogP) is 0.120. The number of likely N-dealkylation sites (tertiary alicyclic amines) is 1. The molecular weight excluding hydrogens is 400 g/mol. The van der Waals surface area contributed by atoms with Gasteiger partial charge in [-0.05, 0) is 42.7 Å². The van der Waals surface area contributed by atoms with Crippen LogP contribution in [0.3, 0.4) is 0 Å². The van der Waals surface area contributed by atoms with E-state index >= 15 is 0 Å². The van der Waals surface area contributed by atoms with Crippen molar-refractivity contribution >= 4 is 40.2 Å². The van der Waals surface area contributed by atoms with Gasteiger partial charge in [0.2, 0.25) is 17.6 Å². The van der Waals surface area contributed by atoms with Crippen molar-refractivity contribution in [2.45, 2.75) is 31.8 Å². The van der Waals surface area contributed by atoms with E-state index in [0.717, 1.165) is 10.8 Å². The highest BCUT2D eigenvalue weighted by atomic mass is 16.2. The van der Waals surface area contributed by atoms with E-state index in [1.165, 1.54) is 11.8 Å². The molecule has 2 aromatic carbocycles. The highest BCUT2D eigenvalue weighted by molar-refractivity contribution is 6.37. The third-order valence-corrected chi connectivity index (χ3v) is 5.28. The van der Waals surface area contributed by atoms with Gasteiger partial charge in [0.15, 0.2) is 0 Å². The zero-order valence-corrected chi connectivity index (χ0v) is 17.1. The van der Waals surface area contributed by atoms with E-state index in [1.807, 2.05) is 30.3 Å². The van der Waals surface area contributed by atoms with Gasteiger partial charge < -0.3 is 21.3 Å². The van der Waals surface area contributed by atoms with E-state index in [0.29, 0.717) is 24.9 Å². The second kappa shape index (κ2) is 9.38. The first-order chi connectivity index (χ1) is 14.8. The first kappa shape index (κ1) is 21.9. The molecule has 2 atom stereocenters. The topological polar surface area (TPSA) is 139 Å². The highest BCUT2D eigenvalue weighted by Gasteiger charge is 2.35. The van der Waals surface area contributed by atoms with E-state index in [1.54, 1.807) is 12.1 Å². The summed E-state index contributed by atoms with van der Waals surface area (Å²) in [6, 6.07) is 11.1. The Morgan fingerprint density at radius 1 is 1.10 bits per heavy atom. The summed E-state index contributed by atoms with van der Waals surface area (Å²) >= 11 is 0. The van der Waals surface area contributed by atoms with Gasteiger partial charge in [-0.3, -0.25) is 24.0 Å². The Labute approximate surface area is 178 Å². The molecule has 1 saturated heterocycles. The van der Waals surface area contributed by atoms with Crippen molar-refractivity contribution < 1.29 is 24.0 Å². The summed E-state index contributed by atoms with van der Waals surface area (Å²) in [5.41, 5.74) is 5.38. The minimum atomic E-state index is -1.14. The van der Waals surface area contributed by atoms with Crippen molar-refractivity contribution in [1.29, 1.82) is 0 Å². The first-order valence-corrected chi connectivity index (χ1v) is 9.98. The van der Waals surface area contributed by atoms with Crippen molar-refractivity contribution in [3.05, 3.63) is 48.0 Å². The molecule has 0 radical (unpaired) electrons. The summed E-state index contributed by atoms with van der Waals surface area (Å²) in [4.78, 5) is 61.5. The van der Waals surface area contributed by atoms with Crippen LogP contribution in [0.15, 0.2) is 42.5 Å². The summed E-state index contributed by atoms with van der Waals surface area (Å²) in [5, 5.41) is 6.94. The molecule has 2 aromatic rings. The van der Waals surface area contributed by atoms with Gasteiger partial charge in [-0.15, -0.1) is 0 Å². The SMILES string of the molecule is CC(NC(=O)C1CCCN1C(=O)CNC(=O)c1ccc2ccccc2c1)C(=O)C(N)=O. The molecule has 9 heteroatoms. The fraction of sp³-hybridized carbons (Fsp3) is 0.318. The molecule has 31 heavy (non-hydrogen) atoms. The maximum Gasteiger partial charge on any atom is 0.287 e. The van der Waals surface area contributed by atoms with Crippen LogP contribution in [0.2, 0.25) is 0 Å². The van der Waals surface area contributed by atoms with Crippen molar-refractivity contribution in [2.75, 3.05) is 13.1 Å². The lowest BCUT2D eigenvalue weighted by Gasteiger charge is -2.25. The molecule has 0 aromatic heterocycles. The number of nitrogens with one attached hydrogen (secondary N) is 2. The number of nitrogens with zero attached hydrogens (tertiary/aromatic N) is 1. The van der Waals surface area contributed by atoms with Gasteiger partial charge in [0.25, 0.3) is 11.8 Å². The monoisotopic (exact) mass is 424 g/mol. The van der Waals surface area contributed by atoms with E-state index in [4.69, 9.17) is 5.73 Å². The summed E-state index contributed by atoms with van der Waals surface area (Å²) in [5.74, 6) is -3.37. The summed E-state index contributed by atoms with van der Waals surface area (Å²) in [6.07, 6.45) is 1.04. The van der Waals surface area contributed by atoms with Gasteiger partial charge in [-0.25, -0.2) is 0 Å². The second-order valence-corrected chi connectivity index (χ2v) is 7.45. The number of primary amides is 1. The maximum absolute atomic E-state index is 12.6. The lowest BCUT2D eigenvalue weighted by atomic mass is 10.1. The molecule has 0 spiro atoms. The third kappa shape index (κ3) is 5.06. The largest absolute Gasteiger partial charge is 0.363 e. The Morgan fingerprint density at radius 2 is 1.81 bits per heavy atom. The summed E-state index contributed by atoms with van der Waals surface area (Å²) < 4.78 is 0. The predicted molar refractivity (Wildman–Crippen MR) is 113 cm³/mol. The Bertz CT molecular complexity index is 1050. The van der Waals surface area contributed by atoms with Crippen LogP contribution in [0.5, 0.6) is 0 Å². The van der Waals surface area contributed by atoms with E-state index in [9.17, 15) is 24.0 Å². The molecule has 3 rings (SSSR count). The van der Waals surface area contributed by atoms with Crippen LogP contribution in [-0.4, -0.2) is 59.5 Å². The summed E-state index contributed by atoms with van der Waals surface area (Å²) in [7, 11) is 0. The van der Waals surface area contributed by atoms with Crippen LogP contribution >= 0.6 is 0 Å². The van der Waals surface area contributed by atoms with Crippen LogP contribution < -0.4 is 16.4 Å². The number of hydrogen-bond acceptors (Lipinski definition) is 5. The third-order valence-electron chi connectivity index (χ3n) is 5.28. The number of rotatable bonds is 7. The summed E-state index contributed by atoms with van der Waals surface area (Å²) in [6.45, 7) is 1.46. The first-order valence-electron chi connectivity index (χ1n) is 9.98. The zero-order valence-electron chi connectivity index (χ0n) is 17.1. The quantitative estimate of drug-likeness (QED) is 0.542. The number of carbonyl (C=O) groups excluding carboxylic acids is 5. The van der Waals surface area contributed by atoms with Crippen molar-refractivity contribution in [3.63, 3.8) is 0 Å². The zero-order chi connectivity index (χ0) is 22.5. The maximum atomic E-state index is 12.6. The Hall–Kier alpha value is -3.75. The molecule has 1 aliphatic heterocycles. The minimum Gasteiger partial charge on any atom is -0.363 e. The van der Waals surface area contributed by atoms with E-state index < -0.39 is 35.6 Å². The molecule has 162 valence electrons. The molecule has 0 saturated carbocycles. The normalized spacial score (nSPS) is 16.5. The van der Waals surface area contributed by atoms with Crippen LogP contribution in [-0.2, 0) is 19.2 Å². The van der Waals surface area contributed by atoms with Crippen LogP contribution in [0.4, 0.5) is 0 Å². The number of hydrogen-bond donors (Lipinski definition) is 3. The highest BCUT2D eigenvalue weighted by Crippen LogP contribution is 2.18. The average Bonchev–Trinajstić information content (AvgIpc) is 3.26.